The summed E-state index contributed by atoms with van der Waals surface area (Å²) in [4.78, 5) is 16.5. The van der Waals surface area contributed by atoms with Crippen LogP contribution in [0, 0.1) is 23.7 Å². The van der Waals surface area contributed by atoms with Crippen molar-refractivity contribution in [3.63, 3.8) is 0 Å². The van der Waals surface area contributed by atoms with Crippen LogP contribution in [0.25, 0.3) is 87.7 Å². The maximum absolute atomic E-state index is 5.62. The van der Waals surface area contributed by atoms with Crippen LogP contribution in [-0.2, 0) is 10.8 Å². The zero-order chi connectivity index (χ0) is 42.9. The smallest absolute Gasteiger partial charge is 0.164 e. The topological polar surface area (TPSA) is 38.7 Å². The third-order valence-electron chi connectivity index (χ3n) is 17.3. The number of aromatic nitrogens is 3. The molecule has 0 N–H and O–H groups in total. The van der Waals surface area contributed by atoms with Crippen LogP contribution in [-0.4, -0.2) is 15.0 Å². The molecule has 0 aliphatic heterocycles. The Labute approximate surface area is 387 Å². The van der Waals surface area contributed by atoms with Crippen molar-refractivity contribution in [2.24, 2.45) is 23.7 Å². The van der Waals surface area contributed by atoms with Gasteiger partial charge < -0.3 is 0 Å². The van der Waals surface area contributed by atoms with Crippen LogP contribution in [0.4, 0.5) is 0 Å². The van der Waals surface area contributed by atoms with E-state index >= 15 is 0 Å². The van der Waals surface area contributed by atoms with E-state index in [0.717, 1.165) is 34.4 Å². The molecule has 4 saturated carbocycles. The number of benzene rings is 8. The van der Waals surface area contributed by atoms with E-state index < -0.39 is 5.41 Å². The third kappa shape index (κ3) is 4.42. The molecule has 17 rings (SSSR count). The first-order chi connectivity index (χ1) is 32.7. The van der Waals surface area contributed by atoms with Gasteiger partial charge >= 0.3 is 0 Å². The molecule has 66 heavy (non-hydrogen) atoms. The Kier molecular flexibility index (Phi) is 7.06. The molecular formula is C62H43N3S. The normalized spacial score (nSPS) is 22.7. The monoisotopic (exact) mass is 861 g/mol. The molecule has 312 valence electrons. The molecule has 10 aromatic rings. The molecule has 3 nitrogen and oxygen atoms in total. The molecule has 2 heterocycles. The van der Waals surface area contributed by atoms with Crippen molar-refractivity contribution in [2.75, 3.05) is 0 Å². The Morgan fingerprint density at radius 1 is 0.379 bits per heavy atom. The summed E-state index contributed by atoms with van der Waals surface area (Å²) in [5.74, 6) is 5.19. The molecule has 8 aromatic carbocycles. The number of thiophene rings is 1. The minimum atomic E-state index is -0.402. The van der Waals surface area contributed by atoms with Crippen LogP contribution in [0.5, 0.6) is 0 Å². The van der Waals surface area contributed by atoms with Crippen molar-refractivity contribution < 1.29 is 0 Å². The molecule has 2 spiro atoms. The van der Waals surface area contributed by atoms with Crippen LogP contribution in [0.2, 0.25) is 0 Å². The van der Waals surface area contributed by atoms with Gasteiger partial charge in [0.05, 0.1) is 5.41 Å². The van der Waals surface area contributed by atoms with Gasteiger partial charge in [0.15, 0.2) is 17.5 Å². The van der Waals surface area contributed by atoms with Crippen LogP contribution >= 0.6 is 11.3 Å². The Morgan fingerprint density at radius 2 is 0.909 bits per heavy atom. The molecule has 7 aliphatic carbocycles. The van der Waals surface area contributed by atoms with Gasteiger partial charge in [0.2, 0.25) is 0 Å². The summed E-state index contributed by atoms with van der Waals surface area (Å²) in [6.07, 6.45) is 6.80. The second kappa shape index (κ2) is 12.9. The van der Waals surface area contributed by atoms with E-state index in [1.807, 2.05) is 11.3 Å². The Bertz CT molecular complexity index is 3670. The van der Waals surface area contributed by atoms with Crippen molar-refractivity contribution in [3.8, 4) is 67.5 Å². The largest absolute Gasteiger partial charge is 0.208 e. The molecule has 4 bridgehead atoms. The average molecular weight is 862 g/mol. The molecule has 2 aromatic heterocycles. The fourth-order valence-corrected chi connectivity index (χ4v) is 16.5. The summed E-state index contributed by atoms with van der Waals surface area (Å²) >= 11 is 1.97. The van der Waals surface area contributed by atoms with Gasteiger partial charge in [-0.05, 0) is 129 Å². The first-order valence-electron chi connectivity index (χ1n) is 24.0. The van der Waals surface area contributed by atoms with Gasteiger partial charge in [0.1, 0.15) is 0 Å². The van der Waals surface area contributed by atoms with Gasteiger partial charge in [0, 0.05) is 47.8 Å². The van der Waals surface area contributed by atoms with Gasteiger partial charge in [-0.3, -0.25) is 0 Å². The molecular weight excluding hydrogens is 819 g/mol. The summed E-state index contributed by atoms with van der Waals surface area (Å²) in [6, 6.07) is 65.8. The summed E-state index contributed by atoms with van der Waals surface area (Å²) in [5.41, 5.74) is 19.1. The Balaban J connectivity index is 0.945. The van der Waals surface area contributed by atoms with E-state index in [2.05, 4.69) is 176 Å². The van der Waals surface area contributed by atoms with Crippen LogP contribution in [0.3, 0.4) is 0 Å². The van der Waals surface area contributed by atoms with Gasteiger partial charge in [-0.25, -0.2) is 15.0 Å². The number of rotatable bonds is 3. The lowest BCUT2D eigenvalue weighted by Crippen LogP contribution is -2.55. The number of hydrogen-bond donors (Lipinski definition) is 0. The summed E-state index contributed by atoms with van der Waals surface area (Å²) in [6.45, 7) is 0. The summed E-state index contributed by atoms with van der Waals surface area (Å²) in [7, 11) is 0. The van der Waals surface area contributed by atoms with Gasteiger partial charge in [0.25, 0.3) is 0 Å². The molecule has 0 radical (unpaired) electrons. The van der Waals surface area contributed by atoms with Crippen molar-refractivity contribution in [3.05, 3.63) is 209 Å². The quantitative estimate of drug-likeness (QED) is 0.178. The lowest BCUT2D eigenvalue weighted by molar-refractivity contribution is -0.0399. The maximum Gasteiger partial charge on any atom is 0.164 e. The standard InChI is InChI=1S/C62H43N3S/c1-2-13-37(14-3-1)58-63-59(38-25-27-51-47(34-38)43-17-6-10-22-50(43)62(51)48-20-8-4-15-41(48)42-16-5-9-21-49(42)62)65-60(64-58)46-19-12-23-52-55(46)56-53(28-26-45-44-18-7-11-24-54(44)66-57(45)56)61(52)39-30-35-29-36(32-39)33-40(61)31-35/h1-28,34-36,39-40H,29-33H2. The van der Waals surface area contributed by atoms with Crippen molar-refractivity contribution in [2.45, 2.75) is 42.9 Å². The predicted octanol–water partition coefficient (Wildman–Crippen LogP) is 15.3. The minimum Gasteiger partial charge on any atom is -0.208 e. The van der Waals surface area contributed by atoms with E-state index in [1.54, 1.807) is 5.56 Å². The molecule has 0 saturated heterocycles. The highest BCUT2D eigenvalue weighted by molar-refractivity contribution is 7.26. The zero-order valence-electron chi connectivity index (χ0n) is 36.3. The van der Waals surface area contributed by atoms with E-state index in [1.165, 1.54) is 113 Å². The van der Waals surface area contributed by atoms with Gasteiger partial charge in [-0.15, -0.1) is 11.3 Å². The zero-order valence-corrected chi connectivity index (χ0v) is 37.2. The predicted molar refractivity (Wildman–Crippen MR) is 269 cm³/mol. The minimum absolute atomic E-state index is 0.0113. The van der Waals surface area contributed by atoms with E-state index in [0.29, 0.717) is 23.5 Å². The molecule has 4 fully saturated rings. The number of fused-ring (bicyclic) bond motifs is 17. The summed E-state index contributed by atoms with van der Waals surface area (Å²) < 4.78 is 2.76. The SMILES string of the molecule is c1ccc(-c2nc(-c3ccc4c(c3)-c3ccccc3C43c4ccccc4-c4ccccc43)nc(-c3cccc4c3-c3c(ccc5c3sc3ccccc35)C43C4CC5CC(C4)CC3C5)n2)cc1. The van der Waals surface area contributed by atoms with Crippen molar-refractivity contribution in [1.82, 2.24) is 15.0 Å². The second-order valence-electron chi connectivity index (χ2n) is 20.2. The van der Waals surface area contributed by atoms with Gasteiger partial charge in [-0.2, -0.15) is 0 Å². The fourth-order valence-electron chi connectivity index (χ4n) is 15.3. The highest BCUT2D eigenvalue weighted by Gasteiger charge is 2.62. The molecule has 0 atom stereocenters. The summed E-state index contributed by atoms with van der Waals surface area (Å²) in [5, 5.41) is 2.71. The van der Waals surface area contributed by atoms with E-state index in [4.69, 9.17) is 15.0 Å². The second-order valence-corrected chi connectivity index (χ2v) is 21.2. The molecule has 7 aliphatic rings. The lowest BCUT2D eigenvalue weighted by Gasteiger charge is -2.61. The number of nitrogens with zero attached hydrogens (tertiary/aromatic N) is 3. The van der Waals surface area contributed by atoms with Gasteiger partial charge in [-0.1, -0.05) is 164 Å². The van der Waals surface area contributed by atoms with E-state index in [-0.39, 0.29) is 5.41 Å². The fraction of sp³-hybridized carbons (Fsp3) is 0.177. The maximum atomic E-state index is 5.62. The van der Waals surface area contributed by atoms with Crippen molar-refractivity contribution >= 4 is 31.5 Å². The lowest BCUT2D eigenvalue weighted by atomic mass is 9.43. The van der Waals surface area contributed by atoms with Crippen LogP contribution < -0.4 is 0 Å². The highest BCUT2D eigenvalue weighted by Crippen LogP contribution is 2.71. The average Bonchev–Trinajstić information content (AvgIpc) is 4.08. The van der Waals surface area contributed by atoms with E-state index in [9.17, 15) is 0 Å². The Morgan fingerprint density at radius 3 is 1.62 bits per heavy atom. The first-order valence-corrected chi connectivity index (χ1v) is 24.8. The highest BCUT2D eigenvalue weighted by atomic mass is 32.1. The van der Waals surface area contributed by atoms with Crippen LogP contribution in [0.1, 0.15) is 65.5 Å². The Hall–Kier alpha value is -7.01. The molecule has 4 heteroatoms. The molecule has 0 unspecified atom stereocenters. The third-order valence-corrected chi connectivity index (χ3v) is 18.5. The molecule has 0 amide bonds. The van der Waals surface area contributed by atoms with Crippen molar-refractivity contribution in [1.29, 1.82) is 0 Å². The van der Waals surface area contributed by atoms with Crippen LogP contribution in [0.15, 0.2) is 176 Å². The number of hydrogen-bond acceptors (Lipinski definition) is 4. The first kappa shape index (κ1) is 36.2.